The Morgan fingerprint density at radius 2 is 2.00 bits per heavy atom. The number of rotatable bonds is 1. The summed E-state index contributed by atoms with van der Waals surface area (Å²) in [7, 11) is 0. The molecule has 0 aliphatic carbocycles. The van der Waals surface area contributed by atoms with Crippen LogP contribution in [0.3, 0.4) is 0 Å². The molecule has 4 heteroatoms. The van der Waals surface area contributed by atoms with Gasteiger partial charge in [0.1, 0.15) is 0 Å². The summed E-state index contributed by atoms with van der Waals surface area (Å²) >= 11 is 1.81. The highest BCUT2D eigenvalue weighted by Crippen LogP contribution is 2.23. The molecule has 3 nitrogen and oxygen atoms in total. The molecule has 0 saturated carbocycles. The van der Waals surface area contributed by atoms with Gasteiger partial charge in [-0.2, -0.15) is 0 Å². The van der Waals surface area contributed by atoms with Crippen molar-refractivity contribution in [2.45, 2.75) is 19.9 Å². The fourth-order valence-corrected chi connectivity index (χ4v) is 3.02. The minimum atomic E-state index is 0.0810. The number of nitrogens with one attached hydrogen (secondary N) is 1. The summed E-state index contributed by atoms with van der Waals surface area (Å²) in [6.45, 7) is 6.36. The minimum Gasteiger partial charge on any atom is -0.341 e. The van der Waals surface area contributed by atoms with Crippen LogP contribution in [0, 0.1) is 11.8 Å². The number of carbonyl (C=O) groups is 1. The molecule has 2 aliphatic rings. The highest BCUT2D eigenvalue weighted by Gasteiger charge is 2.34. The molecule has 0 aromatic rings. The lowest BCUT2D eigenvalue weighted by Gasteiger charge is -2.19. The maximum atomic E-state index is 12.0. The molecule has 2 heterocycles. The van der Waals surface area contributed by atoms with Gasteiger partial charge in [-0.1, -0.05) is 13.8 Å². The lowest BCUT2D eigenvalue weighted by molar-refractivity contribution is -0.131. The molecular formula is C10H18N2OS. The Labute approximate surface area is 89.6 Å². The summed E-state index contributed by atoms with van der Waals surface area (Å²) in [5, 5.41) is 3.23. The predicted octanol–water partition coefficient (Wildman–Crippen LogP) is 0.763. The van der Waals surface area contributed by atoms with E-state index in [1.807, 2.05) is 16.7 Å². The SMILES string of the molecule is CC1CN(C(=O)[C@H]2CSCN2)CC1C. The second-order valence-corrected chi connectivity index (χ2v) is 5.50. The average Bonchev–Trinajstić information content (AvgIpc) is 2.76. The number of amides is 1. The van der Waals surface area contributed by atoms with Crippen molar-refractivity contribution in [3.8, 4) is 0 Å². The number of hydrogen-bond acceptors (Lipinski definition) is 3. The summed E-state index contributed by atoms with van der Waals surface area (Å²) in [4.78, 5) is 14.0. The zero-order chi connectivity index (χ0) is 10.1. The molecule has 0 spiro atoms. The second kappa shape index (κ2) is 4.11. The summed E-state index contributed by atoms with van der Waals surface area (Å²) in [6, 6.07) is 0.0810. The minimum absolute atomic E-state index is 0.0810. The highest BCUT2D eigenvalue weighted by atomic mass is 32.2. The van der Waals surface area contributed by atoms with E-state index in [9.17, 15) is 4.79 Å². The Kier molecular flexibility index (Phi) is 3.02. The fourth-order valence-electron chi connectivity index (χ4n) is 2.08. The predicted molar refractivity (Wildman–Crippen MR) is 59.2 cm³/mol. The number of carbonyl (C=O) groups excluding carboxylic acids is 1. The van der Waals surface area contributed by atoms with Crippen LogP contribution in [-0.4, -0.2) is 41.6 Å². The molecule has 3 atom stereocenters. The van der Waals surface area contributed by atoms with Gasteiger partial charge in [0, 0.05) is 24.7 Å². The standard InChI is InChI=1S/C10H18N2OS/c1-7-3-12(4-8(7)2)10(13)9-5-14-6-11-9/h7-9,11H,3-6H2,1-2H3/t7?,8?,9-/m1/s1. The third-order valence-corrected chi connectivity index (χ3v) is 4.25. The summed E-state index contributed by atoms with van der Waals surface area (Å²) in [6.07, 6.45) is 0. The molecular weight excluding hydrogens is 196 g/mol. The molecule has 2 saturated heterocycles. The van der Waals surface area contributed by atoms with Crippen LogP contribution in [-0.2, 0) is 4.79 Å². The smallest absolute Gasteiger partial charge is 0.240 e. The van der Waals surface area contributed by atoms with Crippen molar-refractivity contribution >= 4 is 17.7 Å². The zero-order valence-electron chi connectivity index (χ0n) is 8.82. The molecule has 14 heavy (non-hydrogen) atoms. The van der Waals surface area contributed by atoms with Gasteiger partial charge in [0.25, 0.3) is 0 Å². The zero-order valence-corrected chi connectivity index (χ0v) is 9.64. The maximum Gasteiger partial charge on any atom is 0.240 e. The van der Waals surface area contributed by atoms with Gasteiger partial charge in [0.05, 0.1) is 6.04 Å². The average molecular weight is 214 g/mol. The van der Waals surface area contributed by atoms with Crippen LogP contribution in [0.4, 0.5) is 0 Å². The van der Waals surface area contributed by atoms with Crippen molar-refractivity contribution in [1.82, 2.24) is 10.2 Å². The number of hydrogen-bond donors (Lipinski definition) is 1. The van der Waals surface area contributed by atoms with Crippen molar-refractivity contribution in [2.75, 3.05) is 24.7 Å². The first-order chi connectivity index (χ1) is 6.68. The van der Waals surface area contributed by atoms with Crippen molar-refractivity contribution in [2.24, 2.45) is 11.8 Å². The first-order valence-corrected chi connectivity index (χ1v) is 6.44. The van der Waals surface area contributed by atoms with Gasteiger partial charge in [-0.05, 0) is 11.8 Å². The lowest BCUT2D eigenvalue weighted by atomic mass is 10.0. The van der Waals surface area contributed by atoms with E-state index in [1.54, 1.807) is 0 Å². The van der Waals surface area contributed by atoms with E-state index in [0.717, 1.165) is 24.7 Å². The number of nitrogens with zero attached hydrogens (tertiary/aromatic N) is 1. The second-order valence-electron chi connectivity index (χ2n) is 4.47. The van der Waals surface area contributed by atoms with E-state index in [-0.39, 0.29) is 6.04 Å². The van der Waals surface area contributed by atoms with Crippen LogP contribution in [0.5, 0.6) is 0 Å². The molecule has 2 aliphatic heterocycles. The van der Waals surface area contributed by atoms with Crippen molar-refractivity contribution in [3.63, 3.8) is 0 Å². The van der Waals surface area contributed by atoms with E-state index in [4.69, 9.17) is 0 Å². The van der Waals surface area contributed by atoms with Gasteiger partial charge in [-0.25, -0.2) is 0 Å². The van der Waals surface area contributed by atoms with Crippen molar-refractivity contribution in [3.05, 3.63) is 0 Å². The monoisotopic (exact) mass is 214 g/mol. The lowest BCUT2D eigenvalue weighted by Crippen LogP contribution is -2.44. The summed E-state index contributed by atoms with van der Waals surface area (Å²) in [5.74, 6) is 3.50. The van der Waals surface area contributed by atoms with E-state index in [1.165, 1.54) is 0 Å². The van der Waals surface area contributed by atoms with Crippen LogP contribution in [0.15, 0.2) is 0 Å². The number of likely N-dealkylation sites (tertiary alicyclic amines) is 1. The Bertz CT molecular complexity index is 218. The van der Waals surface area contributed by atoms with Gasteiger partial charge in [-0.3, -0.25) is 10.1 Å². The summed E-state index contributed by atoms with van der Waals surface area (Å²) in [5.41, 5.74) is 0. The molecule has 2 fully saturated rings. The normalized spacial score (nSPS) is 37.9. The maximum absolute atomic E-state index is 12.0. The molecule has 0 radical (unpaired) electrons. The van der Waals surface area contributed by atoms with E-state index < -0.39 is 0 Å². The topological polar surface area (TPSA) is 32.3 Å². The quantitative estimate of drug-likeness (QED) is 0.699. The molecule has 2 rings (SSSR count). The first kappa shape index (κ1) is 10.3. The Morgan fingerprint density at radius 1 is 1.36 bits per heavy atom. The van der Waals surface area contributed by atoms with Crippen molar-refractivity contribution in [1.29, 1.82) is 0 Å². The van der Waals surface area contributed by atoms with Crippen LogP contribution in [0.25, 0.3) is 0 Å². The van der Waals surface area contributed by atoms with Gasteiger partial charge in [0.15, 0.2) is 0 Å². The largest absolute Gasteiger partial charge is 0.341 e. The molecule has 0 aromatic carbocycles. The van der Waals surface area contributed by atoms with Gasteiger partial charge in [0.2, 0.25) is 5.91 Å². The van der Waals surface area contributed by atoms with Gasteiger partial charge >= 0.3 is 0 Å². The Balaban J connectivity index is 1.92. The van der Waals surface area contributed by atoms with Gasteiger partial charge in [-0.15, -0.1) is 11.8 Å². The first-order valence-electron chi connectivity index (χ1n) is 5.28. The summed E-state index contributed by atoms with van der Waals surface area (Å²) < 4.78 is 0. The van der Waals surface area contributed by atoms with E-state index in [2.05, 4.69) is 19.2 Å². The molecule has 0 aromatic heterocycles. The Hall–Kier alpha value is -0.220. The van der Waals surface area contributed by atoms with Crippen LogP contribution in [0.2, 0.25) is 0 Å². The molecule has 1 amide bonds. The van der Waals surface area contributed by atoms with E-state index in [0.29, 0.717) is 17.7 Å². The molecule has 2 unspecified atom stereocenters. The highest BCUT2D eigenvalue weighted by molar-refractivity contribution is 7.99. The molecule has 1 N–H and O–H groups in total. The molecule has 0 bridgehead atoms. The van der Waals surface area contributed by atoms with Crippen LogP contribution < -0.4 is 5.32 Å². The Morgan fingerprint density at radius 3 is 2.50 bits per heavy atom. The van der Waals surface area contributed by atoms with Crippen molar-refractivity contribution < 1.29 is 4.79 Å². The third kappa shape index (κ3) is 1.91. The third-order valence-electron chi connectivity index (χ3n) is 3.31. The fraction of sp³-hybridized carbons (Fsp3) is 0.900. The van der Waals surface area contributed by atoms with Gasteiger partial charge < -0.3 is 4.90 Å². The number of thioether (sulfide) groups is 1. The van der Waals surface area contributed by atoms with Crippen LogP contribution >= 0.6 is 11.8 Å². The molecule has 80 valence electrons. The van der Waals surface area contributed by atoms with Crippen LogP contribution in [0.1, 0.15) is 13.8 Å². The van der Waals surface area contributed by atoms with E-state index >= 15 is 0 Å².